The SMILES string of the molecule is CCCCCN1C(=O)c2[nH]nc(-c3ccccc3O)c2C1c1ccc(SC)cc1. The summed E-state index contributed by atoms with van der Waals surface area (Å²) in [5.74, 6) is 0.138. The van der Waals surface area contributed by atoms with Crippen molar-refractivity contribution < 1.29 is 9.90 Å². The average molecular weight is 408 g/mol. The van der Waals surface area contributed by atoms with E-state index in [0.717, 1.165) is 30.4 Å². The number of hydrogen-bond acceptors (Lipinski definition) is 4. The highest BCUT2D eigenvalue weighted by Gasteiger charge is 2.42. The van der Waals surface area contributed by atoms with Gasteiger partial charge in [-0.1, -0.05) is 44.0 Å². The second-order valence-electron chi connectivity index (χ2n) is 7.26. The Bertz CT molecular complexity index is 1010. The van der Waals surface area contributed by atoms with Crippen LogP contribution in [0, 0.1) is 0 Å². The molecule has 1 amide bonds. The summed E-state index contributed by atoms with van der Waals surface area (Å²) in [5.41, 5.74) is 3.72. The van der Waals surface area contributed by atoms with Gasteiger partial charge in [0.15, 0.2) is 0 Å². The average Bonchev–Trinajstić information content (AvgIpc) is 3.28. The molecule has 29 heavy (non-hydrogen) atoms. The predicted molar refractivity (Wildman–Crippen MR) is 116 cm³/mol. The number of fused-ring (bicyclic) bond motifs is 1. The summed E-state index contributed by atoms with van der Waals surface area (Å²) in [5, 5.41) is 17.8. The number of thioether (sulfide) groups is 1. The van der Waals surface area contributed by atoms with E-state index in [9.17, 15) is 9.90 Å². The van der Waals surface area contributed by atoms with Gasteiger partial charge >= 0.3 is 0 Å². The van der Waals surface area contributed by atoms with E-state index in [1.165, 1.54) is 4.90 Å². The minimum atomic E-state index is -0.210. The van der Waals surface area contributed by atoms with Crippen molar-refractivity contribution >= 4 is 17.7 Å². The van der Waals surface area contributed by atoms with Gasteiger partial charge < -0.3 is 10.0 Å². The van der Waals surface area contributed by atoms with Crippen LogP contribution in [-0.4, -0.2) is 38.9 Å². The van der Waals surface area contributed by atoms with Crippen LogP contribution >= 0.6 is 11.8 Å². The second-order valence-corrected chi connectivity index (χ2v) is 8.14. The minimum absolute atomic E-state index is 0.0239. The quantitative estimate of drug-likeness (QED) is 0.415. The van der Waals surface area contributed by atoms with E-state index in [0.29, 0.717) is 23.5 Å². The lowest BCUT2D eigenvalue weighted by molar-refractivity contribution is 0.0740. The van der Waals surface area contributed by atoms with Crippen molar-refractivity contribution in [1.82, 2.24) is 15.1 Å². The monoisotopic (exact) mass is 407 g/mol. The number of unbranched alkanes of at least 4 members (excludes halogenated alkanes) is 2. The Labute approximate surface area is 175 Å². The molecule has 1 aromatic heterocycles. The molecular formula is C23H25N3O2S. The summed E-state index contributed by atoms with van der Waals surface area (Å²) in [4.78, 5) is 16.3. The lowest BCUT2D eigenvalue weighted by atomic mass is 9.95. The third-order valence-corrected chi connectivity index (χ3v) is 6.20. The molecule has 2 aromatic carbocycles. The van der Waals surface area contributed by atoms with Crippen molar-refractivity contribution in [1.29, 1.82) is 0 Å². The number of phenolic OH excluding ortho intramolecular Hbond substituents is 1. The Morgan fingerprint density at radius 3 is 2.59 bits per heavy atom. The number of hydrogen-bond donors (Lipinski definition) is 2. The van der Waals surface area contributed by atoms with Gasteiger partial charge in [-0.3, -0.25) is 9.89 Å². The molecule has 6 heteroatoms. The molecular weight excluding hydrogens is 382 g/mol. The molecule has 150 valence electrons. The zero-order valence-electron chi connectivity index (χ0n) is 16.7. The van der Waals surface area contributed by atoms with E-state index in [1.54, 1.807) is 23.9 Å². The fourth-order valence-corrected chi connectivity index (χ4v) is 4.38. The zero-order chi connectivity index (χ0) is 20.4. The van der Waals surface area contributed by atoms with Gasteiger partial charge in [0, 0.05) is 22.6 Å². The fourth-order valence-electron chi connectivity index (χ4n) is 3.97. The highest BCUT2D eigenvalue weighted by atomic mass is 32.2. The smallest absolute Gasteiger partial charge is 0.273 e. The van der Waals surface area contributed by atoms with Crippen molar-refractivity contribution in [3.63, 3.8) is 0 Å². The number of carbonyl (C=O) groups excluding carboxylic acids is 1. The summed E-state index contributed by atoms with van der Waals surface area (Å²) in [6.45, 7) is 2.86. The van der Waals surface area contributed by atoms with Crippen LogP contribution in [0.4, 0.5) is 0 Å². The molecule has 1 aliphatic rings. The van der Waals surface area contributed by atoms with Crippen molar-refractivity contribution in [2.45, 2.75) is 37.1 Å². The van der Waals surface area contributed by atoms with E-state index in [-0.39, 0.29) is 17.7 Å². The molecule has 1 atom stereocenters. The molecule has 0 saturated heterocycles. The molecule has 3 aromatic rings. The summed E-state index contributed by atoms with van der Waals surface area (Å²) in [6, 6.07) is 15.3. The van der Waals surface area contributed by atoms with Gasteiger partial charge in [0.2, 0.25) is 0 Å². The van der Waals surface area contributed by atoms with Gasteiger partial charge in [0.1, 0.15) is 17.1 Å². The van der Waals surface area contributed by atoms with Crippen LogP contribution in [0.25, 0.3) is 11.3 Å². The number of aromatic nitrogens is 2. The van der Waals surface area contributed by atoms with E-state index >= 15 is 0 Å². The zero-order valence-corrected chi connectivity index (χ0v) is 17.5. The summed E-state index contributed by atoms with van der Waals surface area (Å²) < 4.78 is 0. The summed E-state index contributed by atoms with van der Waals surface area (Å²) in [6.07, 6.45) is 5.20. The number of H-pyrrole nitrogens is 1. The lowest BCUT2D eigenvalue weighted by Crippen LogP contribution is -2.30. The number of aromatic hydroxyl groups is 1. The van der Waals surface area contributed by atoms with E-state index in [2.05, 4.69) is 47.6 Å². The lowest BCUT2D eigenvalue weighted by Gasteiger charge is -2.26. The first-order valence-electron chi connectivity index (χ1n) is 9.97. The molecule has 0 radical (unpaired) electrons. The van der Waals surface area contributed by atoms with Crippen LogP contribution < -0.4 is 0 Å². The van der Waals surface area contributed by atoms with Crippen molar-refractivity contribution in [2.24, 2.45) is 0 Å². The van der Waals surface area contributed by atoms with Gasteiger partial charge in [-0.2, -0.15) is 5.10 Å². The second kappa shape index (κ2) is 8.33. The Balaban J connectivity index is 1.82. The third kappa shape index (κ3) is 3.53. The molecule has 0 saturated carbocycles. The standard InChI is InChI=1S/C23H25N3O2S/c1-3-4-7-14-26-22(15-10-12-16(29-2)13-11-15)19-20(24-25-21(19)23(26)28)17-8-5-6-9-18(17)27/h5-6,8-13,22,27H,3-4,7,14H2,1-2H3,(H,24,25). The highest BCUT2D eigenvalue weighted by Crippen LogP contribution is 2.44. The van der Waals surface area contributed by atoms with Gasteiger partial charge in [-0.25, -0.2) is 0 Å². The predicted octanol–water partition coefficient (Wildman–Crippen LogP) is 5.24. The van der Waals surface area contributed by atoms with E-state index < -0.39 is 0 Å². The molecule has 2 N–H and O–H groups in total. The van der Waals surface area contributed by atoms with Crippen LogP contribution in [0.5, 0.6) is 5.75 Å². The normalized spacial score (nSPS) is 15.7. The van der Waals surface area contributed by atoms with Crippen LogP contribution in [0.15, 0.2) is 53.4 Å². The first-order valence-corrected chi connectivity index (χ1v) is 11.2. The van der Waals surface area contributed by atoms with E-state index in [4.69, 9.17) is 0 Å². The van der Waals surface area contributed by atoms with Crippen LogP contribution in [-0.2, 0) is 0 Å². The number of aromatic amines is 1. The fraction of sp³-hybridized carbons (Fsp3) is 0.304. The van der Waals surface area contributed by atoms with Gasteiger partial charge in [0.05, 0.1) is 6.04 Å². The number of nitrogens with one attached hydrogen (secondary N) is 1. The molecule has 4 rings (SSSR count). The third-order valence-electron chi connectivity index (χ3n) is 5.46. The van der Waals surface area contributed by atoms with Crippen molar-refractivity contribution in [3.8, 4) is 17.0 Å². The molecule has 1 aliphatic heterocycles. The molecule has 0 aliphatic carbocycles. The molecule has 0 bridgehead atoms. The maximum atomic E-state index is 13.2. The molecule has 0 fully saturated rings. The maximum Gasteiger partial charge on any atom is 0.273 e. The maximum absolute atomic E-state index is 13.2. The number of para-hydroxylation sites is 1. The molecule has 1 unspecified atom stereocenters. The van der Waals surface area contributed by atoms with Crippen molar-refractivity contribution in [3.05, 3.63) is 65.4 Å². The van der Waals surface area contributed by atoms with Crippen LogP contribution in [0.1, 0.15) is 53.8 Å². The Morgan fingerprint density at radius 2 is 1.90 bits per heavy atom. The first kappa shape index (κ1) is 19.6. The first-order chi connectivity index (χ1) is 14.2. The molecule has 5 nitrogen and oxygen atoms in total. The molecule has 2 heterocycles. The Kier molecular flexibility index (Phi) is 5.62. The minimum Gasteiger partial charge on any atom is -0.507 e. The summed E-state index contributed by atoms with van der Waals surface area (Å²) in [7, 11) is 0. The number of carbonyl (C=O) groups is 1. The van der Waals surface area contributed by atoms with Gasteiger partial charge in [0.25, 0.3) is 5.91 Å². The number of benzene rings is 2. The number of amides is 1. The Hall–Kier alpha value is -2.73. The number of rotatable bonds is 7. The van der Waals surface area contributed by atoms with Gasteiger partial charge in [-0.15, -0.1) is 11.8 Å². The topological polar surface area (TPSA) is 69.2 Å². The Morgan fingerprint density at radius 1 is 1.14 bits per heavy atom. The number of phenols is 1. The number of nitrogens with zero attached hydrogens (tertiary/aromatic N) is 2. The van der Waals surface area contributed by atoms with Gasteiger partial charge in [-0.05, 0) is 42.5 Å². The summed E-state index contributed by atoms with van der Waals surface area (Å²) >= 11 is 1.70. The van der Waals surface area contributed by atoms with Crippen LogP contribution in [0.3, 0.4) is 0 Å². The highest BCUT2D eigenvalue weighted by molar-refractivity contribution is 7.98. The van der Waals surface area contributed by atoms with E-state index in [1.807, 2.05) is 17.0 Å². The van der Waals surface area contributed by atoms with Crippen LogP contribution in [0.2, 0.25) is 0 Å². The largest absolute Gasteiger partial charge is 0.507 e. The molecule has 0 spiro atoms. The van der Waals surface area contributed by atoms with Crippen molar-refractivity contribution in [2.75, 3.05) is 12.8 Å².